The molecule has 0 aromatic rings. The fourth-order valence-corrected chi connectivity index (χ4v) is 2.02. The average Bonchev–Trinajstić information content (AvgIpc) is 2.35. The van der Waals surface area contributed by atoms with Crippen LogP contribution in [0.1, 0.15) is 26.7 Å². The van der Waals surface area contributed by atoms with Gasteiger partial charge < -0.3 is 15.0 Å². The van der Waals surface area contributed by atoms with Gasteiger partial charge in [-0.15, -0.1) is 0 Å². The Bertz CT molecular complexity index is 273. The molecule has 0 spiro atoms. The van der Waals surface area contributed by atoms with E-state index in [-0.39, 0.29) is 30.4 Å². The molecule has 1 fully saturated rings. The smallest absolute Gasteiger partial charge is 0.325 e. The average molecular weight is 242 g/mol. The van der Waals surface area contributed by atoms with Crippen LogP contribution in [0.15, 0.2) is 0 Å². The first-order valence-electron chi connectivity index (χ1n) is 6.14. The zero-order valence-electron chi connectivity index (χ0n) is 10.9. The van der Waals surface area contributed by atoms with E-state index >= 15 is 0 Å². The van der Waals surface area contributed by atoms with Gasteiger partial charge in [0.1, 0.15) is 6.54 Å². The lowest BCUT2D eigenvalue weighted by Gasteiger charge is -2.31. The first-order chi connectivity index (χ1) is 8.06. The number of nitrogens with one attached hydrogen (secondary N) is 1. The molecule has 98 valence electrons. The lowest BCUT2D eigenvalue weighted by atomic mass is 9.97. The van der Waals surface area contributed by atoms with Gasteiger partial charge in [-0.2, -0.15) is 0 Å². The lowest BCUT2D eigenvalue weighted by Crippen LogP contribution is -2.47. The van der Waals surface area contributed by atoms with Crippen LogP contribution in [-0.2, 0) is 14.3 Å². The van der Waals surface area contributed by atoms with Gasteiger partial charge in [-0.1, -0.05) is 0 Å². The van der Waals surface area contributed by atoms with Crippen molar-refractivity contribution in [3.8, 4) is 0 Å². The Morgan fingerprint density at radius 1 is 1.47 bits per heavy atom. The molecule has 5 heteroatoms. The van der Waals surface area contributed by atoms with Crippen molar-refractivity contribution in [3.63, 3.8) is 0 Å². The Kier molecular flexibility index (Phi) is 5.41. The molecule has 0 aromatic heterocycles. The minimum Gasteiger partial charge on any atom is -0.468 e. The fraction of sp³-hybridized carbons (Fsp3) is 0.833. The largest absolute Gasteiger partial charge is 0.468 e. The highest BCUT2D eigenvalue weighted by Crippen LogP contribution is 2.15. The molecule has 0 aliphatic carbocycles. The van der Waals surface area contributed by atoms with E-state index in [4.69, 9.17) is 0 Å². The molecule has 0 saturated carbocycles. The van der Waals surface area contributed by atoms with E-state index in [9.17, 15) is 9.59 Å². The van der Waals surface area contributed by atoms with Crippen molar-refractivity contribution in [2.45, 2.75) is 32.7 Å². The second-order valence-electron chi connectivity index (χ2n) is 4.68. The van der Waals surface area contributed by atoms with E-state index in [1.165, 1.54) is 7.11 Å². The van der Waals surface area contributed by atoms with Crippen LogP contribution < -0.4 is 5.32 Å². The van der Waals surface area contributed by atoms with Crippen molar-refractivity contribution in [1.82, 2.24) is 10.2 Å². The number of carbonyl (C=O) groups is 2. The molecule has 1 atom stereocenters. The molecule has 0 radical (unpaired) electrons. The summed E-state index contributed by atoms with van der Waals surface area (Å²) in [5.74, 6) is -0.316. The maximum atomic E-state index is 12.3. The molecular formula is C12H22N2O3. The number of ether oxygens (including phenoxy) is 1. The molecule has 1 amide bonds. The van der Waals surface area contributed by atoms with Crippen molar-refractivity contribution in [3.05, 3.63) is 0 Å². The number of methoxy groups -OCH3 is 1. The third-order valence-electron chi connectivity index (χ3n) is 3.08. The summed E-state index contributed by atoms with van der Waals surface area (Å²) in [5.41, 5.74) is 0. The Hall–Kier alpha value is -1.10. The second-order valence-corrected chi connectivity index (χ2v) is 4.68. The molecule has 0 bridgehead atoms. The predicted molar refractivity (Wildman–Crippen MR) is 64.5 cm³/mol. The third-order valence-corrected chi connectivity index (χ3v) is 3.08. The Morgan fingerprint density at radius 3 is 2.65 bits per heavy atom. The molecule has 1 heterocycles. The highest BCUT2D eigenvalue weighted by molar-refractivity contribution is 5.84. The first-order valence-corrected chi connectivity index (χ1v) is 6.14. The summed E-state index contributed by atoms with van der Waals surface area (Å²) in [4.78, 5) is 25.2. The van der Waals surface area contributed by atoms with E-state index < -0.39 is 0 Å². The fourth-order valence-electron chi connectivity index (χ4n) is 2.02. The molecular weight excluding hydrogens is 220 g/mol. The lowest BCUT2D eigenvalue weighted by molar-refractivity contribution is -0.150. The monoisotopic (exact) mass is 242 g/mol. The maximum Gasteiger partial charge on any atom is 0.325 e. The third kappa shape index (κ3) is 4.00. The van der Waals surface area contributed by atoms with Crippen LogP contribution in [0.25, 0.3) is 0 Å². The van der Waals surface area contributed by atoms with Crippen molar-refractivity contribution >= 4 is 11.9 Å². The number of piperidine rings is 1. The number of hydrogen-bond acceptors (Lipinski definition) is 4. The highest BCUT2D eigenvalue weighted by atomic mass is 16.5. The zero-order chi connectivity index (χ0) is 12.8. The van der Waals surface area contributed by atoms with Gasteiger partial charge in [0.25, 0.3) is 0 Å². The maximum absolute atomic E-state index is 12.3. The van der Waals surface area contributed by atoms with Crippen molar-refractivity contribution in [2.75, 3.05) is 26.7 Å². The minimum atomic E-state index is -0.365. The number of hydrogen-bond donors (Lipinski definition) is 1. The summed E-state index contributed by atoms with van der Waals surface area (Å²) in [5, 5.41) is 3.21. The summed E-state index contributed by atoms with van der Waals surface area (Å²) >= 11 is 0. The van der Waals surface area contributed by atoms with Crippen LogP contribution in [0.5, 0.6) is 0 Å². The Balaban J connectivity index is 2.62. The van der Waals surface area contributed by atoms with Gasteiger partial charge in [-0.3, -0.25) is 9.59 Å². The second kappa shape index (κ2) is 6.59. The van der Waals surface area contributed by atoms with Crippen LogP contribution in [0.3, 0.4) is 0 Å². The Morgan fingerprint density at radius 2 is 2.18 bits per heavy atom. The van der Waals surface area contributed by atoms with Gasteiger partial charge >= 0.3 is 5.97 Å². The van der Waals surface area contributed by atoms with Crippen LogP contribution in [0.2, 0.25) is 0 Å². The van der Waals surface area contributed by atoms with Gasteiger partial charge in [0, 0.05) is 12.6 Å². The normalized spacial score (nSPS) is 20.1. The standard InChI is InChI=1S/C12H22N2O3/c1-9(2)14(8-11(15)17-3)12(16)10-5-4-6-13-7-10/h9-10,13H,4-8H2,1-3H3/t10-/m1/s1. The summed E-state index contributed by atoms with van der Waals surface area (Å²) in [7, 11) is 1.34. The Labute approximate surface area is 102 Å². The number of nitrogens with zero attached hydrogens (tertiary/aromatic N) is 1. The van der Waals surface area contributed by atoms with E-state index in [1.54, 1.807) is 4.90 Å². The highest BCUT2D eigenvalue weighted by Gasteiger charge is 2.28. The predicted octanol–water partition coefficient (Wildman–Crippen LogP) is 0.396. The molecule has 17 heavy (non-hydrogen) atoms. The van der Waals surface area contributed by atoms with E-state index in [0.717, 1.165) is 19.4 Å². The zero-order valence-corrected chi connectivity index (χ0v) is 10.9. The summed E-state index contributed by atoms with van der Waals surface area (Å²) in [6.07, 6.45) is 1.91. The van der Waals surface area contributed by atoms with Gasteiger partial charge in [0.2, 0.25) is 5.91 Å². The van der Waals surface area contributed by atoms with Crippen LogP contribution in [-0.4, -0.2) is 49.6 Å². The summed E-state index contributed by atoms with van der Waals surface area (Å²) in [6, 6.07) is 0.0172. The number of amides is 1. The van der Waals surface area contributed by atoms with Gasteiger partial charge in [0.15, 0.2) is 0 Å². The van der Waals surface area contributed by atoms with E-state index in [2.05, 4.69) is 10.1 Å². The summed E-state index contributed by atoms with van der Waals surface area (Å²) < 4.78 is 4.62. The van der Waals surface area contributed by atoms with Crippen molar-refractivity contribution in [1.29, 1.82) is 0 Å². The van der Waals surface area contributed by atoms with Gasteiger partial charge in [-0.05, 0) is 33.2 Å². The van der Waals surface area contributed by atoms with E-state index in [1.807, 2.05) is 13.8 Å². The van der Waals surface area contributed by atoms with Crippen LogP contribution >= 0.6 is 0 Å². The molecule has 0 aromatic carbocycles. The number of esters is 1. The number of rotatable bonds is 4. The van der Waals surface area contributed by atoms with Crippen molar-refractivity contribution < 1.29 is 14.3 Å². The molecule has 5 nitrogen and oxygen atoms in total. The van der Waals surface area contributed by atoms with Crippen LogP contribution in [0, 0.1) is 5.92 Å². The van der Waals surface area contributed by atoms with Gasteiger partial charge in [-0.25, -0.2) is 0 Å². The van der Waals surface area contributed by atoms with E-state index in [0.29, 0.717) is 6.54 Å². The SMILES string of the molecule is COC(=O)CN(C(=O)[C@@H]1CCCNC1)C(C)C. The molecule has 1 saturated heterocycles. The molecule has 1 rings (SSSR count). The summed E-state index contributed by atoms with van der Waals surface area (Å²) in [6.45, 7) is 5.56. The van der Waals surface area contributed by atoms with Crippen LogP contribution in [0.4, 0.5) is 0 Å². The van der Waals surface area contributed by atoms with Gasteiger partial charge in [0.05, 0.1) is 13.0 Å². The molecule has 1 aliphatic heterocycles. The first kappa shape index (κ1) is 14.0. The minimum absolute atomic E-state index is 0.00388. The molecule has 0 unspecified atom stereocenters. The topological polar surface area (TPSA) is 58.6 Å². The number of carbonyl (C=O) groups excluding carboxylic acids is 2. The quantitative estimate of drug-likeness (QED) is 0.725. The van der Waals surface area contributed by atoms with Crippen molar-refractivity contribution in [2.24, 2.45) is 5.92 Å². The molecule has 1 N–H and O–H groups in total. The molecule has 1 aliphatic rings.